The van der Waals surface area contributed by atoms with Gasteiger partial charge in [0.1, 0.15) is 18.3 Å². The van der Waals surface area contributed by atoms with E-state index in [0.29, 0.717) is 19.8 Å². The summed E-state index contributed by atoms with van der Waals surface area (Å²) in [6.45, 7) is 10.9. The number of rotatable bonds is 9. The maximum absolute atomic E-state index is 5.94. The molecule has 0 aromatic carbocycles. The average molecular weight is 290 g/mol. The van der Waals surface area contributed by atoms with Crippen LogP contribution in [0.2, 0.25) is 0 Å². The molecular formula is C18H26O3. The number of hydrogen-bond donors (Lipinski definition) is 0. The lowest BCUT2D eigenvalue weighted by molar-refractivity contribution is -0.0936. The molecule has 0 fully saturated rings. The molecule has 1 rings (SSSR count). The fraction of sp³-hybridized carbons (Fsp3) is 0.556. The van der Waals surface area contributed by atoms with E-state index in [-0.39, 0.29) is 18.3 Å². The molecule has 0 bridgehead atoms. The van der Waals surface area contributed by atoms with Gasteiger partial charge in [0, 0.05) is 6.42 Å². The summed E-state index contributed by atoms with van der Waals surface area (Å²) in [5, 5.41) is 0. The highest BCUT2D eigenvalue weighted by molar-refractivity contribution is 5.17. The van der Waals surface area contributed by atoms with E-state index in [1.807, 2.05) is 12.2 Å². The second-order valence-corrected chi connectivity index (χ2v) is 4.82. The molecule has 0 saturated heterocycles. The van der Waals surface area contributed by atoms with Crippen molar-refractivity contribution in [2.24, 2.45) is 0 Å². The van der Waals surface area contributed by atoms with E-state index >= 15 is 0 Å². The standard InChI is InChI=1S/C18H26O3/c1-4-7-8-9-10-16-11-12-17(20-14-6-3)18(21-16)15-19-13-5-2/h5-6,11-12,16-18H,2-4,7-8,13-15H2,1H3/t16-,17+,18-/m1/s1. The zero-order chi connectivity index (χ0) is 15.3. The van der Waals surface area contributed by atoms with Crippen LogP contribution in [-0.2, 0) is 14.2 Å². The molecule has 0 saturated carbocycles. The second-order valence-electron chi connectivity index (χ2n) is 4.82. The lowest BCUT2D eigenvalue weighted by Crippen LogP contribution is -2.40. The number of ether oxygens (including phenoxy) is 3. The molecule has 0 aliphatic carbocycles. The minimum absolute atomic E-state index is 0.124. The summed E-state index contributed by atoms with van der Waals surface area (Å²) in [6.07, 6.45) is 10.2. The highest BCUT2D eigenvalue weighted by atomic mass is 16.6. The van der Waals surface area contributed by atoms with Crippen LogP contribution in [0, 0.1) is 11.8 Å². The smallest absolute Gasteiger partial charge is 0.137 e. The summed E-state index contributed by atoms with van der Waals surface area (Å²) in [6, 6.07) is 0. The third-order valence-corrected chi connectivity index (χ3v) is 2.99. The fourth-order valence-corrected chi connectivity index (χ4v) is 1.91. The molecular weight excluding hydrogens is 264 g/mol. The van der Waals surface area contributed by atoms with E-state index in [2.05, 4.69) is 31.9 Å². The Morgan fingerprint density at radius 3 is 2.76 bits per heavy atom. The summed E-state index contributed by atoms with van der Waals surface area (Å²) in [5.41, 5.74) is 0. The van der Waals surface area contributed by atoms with Crippen molar-refractivity contribution in [3.05, 3.63) is 37.5 Å². The third-order valence-electron chi connectivity index (χ3n) is 2.99. The number of unbranched alkanes of at least 4 members (excludes halogenated alkanes) is 2. The Morgan fingerprint density at radius 2 is 2.05 bits per heavy atom. The van der Waals surface area contributed by atoms with Gasteiger partial charge in [-0.2, -0.15) is 0 Å². The lowest BCUT2D eigenvalue weighted by Gasteiger charge is -2.30. The zero-order valence-electron chi connectivity index (χ0n) is 12.9. The molecule has 0 spiro atoms. The second kappa shape index (κ2) is 11.3. The predicted molar refractivity (Wildman–Crippen MR) is 86.1 cm³/mol. The predicted octanol–water partition coefficient (Wildman–Crippen LogP) is 3.28. The Kier molecular flexibility index (Phi) is 9.56. The van der Waals surface area contributed by atoms with E-state index < -0.39 is 0 Å². The molecule has 0 amide bonds. The Bertz CT molecular complexity index is 389. The molecule has 0 radical (unpaired) electrons. The molecule has 21 heavy (non-hydrogen) atoms. The van der Waals surface area contributed by atoms with Crippen molar-refractivity contribution in [3.8, 4) is 11.8 Å². The lowest BCUT2D eigenvalue weighted by atomic mass is 10.1. The van der Waals surface area contributed by atoms with Gasteiger partial charge in [-0.15, -0.1) is 19.1 Å². The molecule has 3 nitrogen and oxygen atoms in total. The summed E-state index contributed by atoms with van der Waals surface area (Å²) in [5.74, 6) is 6.30. The van der Waals surface area contributed by atoms with Gasteiger partial charge in [-0.1, -0.05) is 37.5 Å². The van der Waals surface area contributed by atoms with Crippen LogP contribution in [0.15, 0.2) is 37.5 Å². The Hall–Kier alpha value is -1.34. The van der Waals surface area contributed by atoms with Crippen LogP contribution in [0.1, 0.15) is 26.2 Å². The van der Waals surface area contributed by atoms with E-state index in [1.54, 1.807) is 12.2 Å². The Balaban J connectivity index is 2.56. The molecule has 0 aromatic rings. The van der Waals surface area contributed by atoms with E-state index in [1.165, 1.54) is 0 Å². The molecule has 0 N–H and O–H groups in total. The highest BCUT2D eigenvalue weighted by Crippen LogP contribution is 2.16. The molecule has 0 unspecified atom stereocenters. The minimum atomic E-state index is -0.178. The van der Waals surface area contributed by atoms with Gasteiger partial charge in [-0.3, -0.25) is 0 Å². The largest absolute Gasteiger partial charge is 0.375 e. The first-order valence-electron chi connectivity index (χ1n) is 7.55. The summed E-state index contributed by atoms with van der Waals surface area (Å²) in [7, 11) is 0. The van der Waals surface area contributed by atoms with Gasteiger partial charge in [0.05, 0.1) is 19.8 Å². The van der Waals surface area contributed by atoms with Crippen molar-refractivity contribution in [1.29, 1.82) is 0 Å². The van der Waals surface area contributed by atoms with Crippen molar-refractivity contribution in [2.45, 2.75) is 44.5 Å². The molecule has 1 aliphatic heterocycles. The maximum Gasteiger partial charge on any atom is 0.137 e. The molecule has 0 aromatic heterocycles. The van der Waals surface area contributed by atoms with Crippen LogP contribution in [0.5, 0.6) is 0 Å². The van der Waals surface area contributed by atoms with Crippen molar-refractivity contribution < 1.29 is 14.2 Å². The van der Waals surface area contributed by atoms with Gasteiger partial charge in [-0.25, -0.2) is 0 Å². The SMILES string of the molecule is C=CCOC[C@H]1O[C@H](C#CCCCC)C=C[C@@H]1OCC=C. The van der Waals surface area contributed by atoms with Crippen molar-refractivity contribution in [1.82, 2.24) is 0 Å². The van der Waals surface area contributed by atoms with E-state index in [9.17, 15) is 0 Å². The van der Waals surface area contributed by atoms with Crippen LogP contribution < -0.4 is 0 Å². The quantitative estimate of drug-likeness (QED) is 0.370. The monoisotopic (exact) mass is 290 g/mol. The van der Waals surface area contributed by atoms with Crippen molar-refractivity contribution >= 4 is 0 Å². The normalized spacial score (nSPS) is 24.1. The van der Waals surface area contributed by atoms with Crippen LogP contribution in [0.3, 0.4) is 0 Å². The van der Waals surface area contributed by atoms with E-state index in [0.717, 1.165) is 19.3 Å². The summed E-state index contributed by atoms with van der Waals surface area (Å²) in [4.78, 5) is 0. The molecule has 116 valence electrons. The van der Waals surface area contributed by atoms with Gasteiger partial charge < -0.3 is 14.2 Å². The molecule has 1 heterocycles. The zero-order valence-corrected chi connectivity index (χ0v) is 12.9. The van der Waals surface area contributed by atoms with Gasteiger partial charge >= 0.3 is 0 Å². The minimum Gasteiger partial charge on any atom is -0.375 e. The third kappa shape index (κ3) is 7.29. The topological polar surface area (TPSA) is 27.7 Å². The van der Waals surface area contributed by atoms with Crippen LogP contribution in [-0.4, -0.2) is 38.1 Å². The van der Waals surface area contributed by atoms with Gasteiger partial charge in [0.15, 0.2) is 0 Å². The average Bonchev–Trinajstić information content (AvgIpc) is 2.51. The van der Waals surface area contributed by atoms with Gasteiger partial charge in [-0.05, 0) is 12.5 Å². The highest BCUT2D eigenvalue weighted by Gasteiger charge is 2.27. The number of hydrogen-bond acceptors (Lipinski definition) is 3. The van der Waals surface area contributed by atoms with Crippen LogP contribution >= 0.6 is 0 Å². The Labute approximate surface area is 128 Å². The van der Waals surface area contributed by atoms with E-state index in [4.69, 9.17) is 14.2 Å². The first kappa shape index (κ1) is 17.7. The maximum atomic E-state index is 5.94. The molecule has 1 aliphatic rings. The summed E-state index contributed by atoms with van der Waals surface area (Å²) >= 11 is 0. The van der Waals surface area contributed by atoms with Crippen LogP contribution in [0.4, 0.5) is 0 Å². The van der Waals surface area contributed by atoms with Gasteiger partial charge in [0.25, 0.3) is 0 Å². The van der Waals surface area contributed by atoms with Crippen molar-refractivity contribution in [3.63, 3.8) is 0 Å². The Morgan fingerprint density at radius 1 is 1.24 bits per heavy atom. The molecule has 3 heteroatoms. The first-order valence-corrected chi connectivity index (χ1v) is 7.55. The van der Waals surface area contributed by atoms with Gasteiger partial charge in [0.2, 0.25) is 0 Å². The van der Waals surface area contributed by atoms with Crippen LogP contribution in [0.25, 0.3) is 0 Å². The fourth-order valence-electron chi connectivity index (χ4n) is 1.91. The molecule has 3 atom stereocenters. The van der Waals surface area contributed by atoms with Crippen molar-refractivity contribution in [2.75, 3.05) is 19.8 Å². The first-order chi connectivity index (χ1) is 10.3. The summed E-state index contributed by atoms with van der Waals surface area (Å²) < 4.78 is 17.1.